The second kappa shape index (κ2) is 8.63. The second-order valence-corrected chi connectivity index (χ2v) is 5.96. The predicted molar refractivity (Wildman–Crippen MR) is 107 cm³/mol. The SMILES string of the molecule is COC(=O)c1ccccc1NC(=O)c1cc(Nc2ccccc2C#N)nc(C)n1. The minimum Gasteiger partial charge on any atom is -0.465 e. The van der Waals surface area contributed by atoms with E-state index in [1.54, 1.807) is 55.5 Å². The number of hydrogen-bond donors (Lipinski definition) is 2. The van der Waals surface area contributed by atoms with Crippen LogP contribution >= 0.6 is 0 Å². The standard InChI is InChI=1S/C21H17N5O3/c1-13-23-18(11-19(24-13)25-16-9-5-3-7-14(16)12-22)20(27)26-17-10-6-4-8-15(17)21(28)29-2/h3-11H,1-2H3,(H,26,27)(H,23,24,25). The summed E-state index contributed by atoms with van der Waals surface area (Å²) >= 11 is 0. The van der Waals surface area contributed by atoms with E-state index in [1.807, 2.05) is 0 Å². The number of benzene rings is 2. The zero-order valence-electron chi connectivity index (χ0n) is 15.8. The maximum Gasteiger partial charge on any atom is 0.339 e. The van der Waals surface area contributed by atoms with E-state index in [1.165, 1.54) is 13.2 Å². The van der Waals surface area contributed by atoms with Gasteiger partial charge in [0.1, 0.15) is 23.4 Å². The molecule has 2 N–H and O–H groups in total. The third kappa shape index (κ3) is 4.54. The van der Waals surface area contributed by atoms with Crippen LogP contribution in [0.15, 0.2) is 54.6 Å². The van der Waals surface area contributed by atoms with E-state index in [4.69, 9.17) is 4.74 Å². The quantitative estimate of drug-likeness (QED) is 0.644. The smallest absolute Gasteiger partial charge is 0.339 e. The summed E-state index contributed by atoms with van der Waals surface area (Å²) in [6.07, 6.45) is 0. The molecule has 8 nitrogen and oxygen atoms in total. The van der Waals surface area contributed by atoms with Gasteiger partial charge in [0.05, 0.1) is 29.6 Å². The Bertz CT molecular complexity index is 1120. The maximum absolute atomic E-state index is 12.7. The van der Waals surface area contributed by atoms with Crippen LogP contribution in [-0.4, -0.2) is 29.0 Å². The fourth-order valence-corrected chi connectivity index (χ4v) is 2.64. The summed E-state index contributed by atoms with van der Waals surface area (Å²) < 4.78 is 4.74. The molecule has 29 heavy (non-hydrogen) atoms. The number of para-hydroxylation sites is 2. The van der Waals surface area contributed by atoms with Gasteiger partial charge in [-0.2, -0.15) is 5.26 Å². The Hall–Kier alpha value is -4.25. The number of carbonyl (C=O) groups excluding carboxylic acids is 2. The summed E-state index contributed by atoms with van der Waals surface area (Å²) in [6, 6.07) is 17.0. The van der Waals surface area contributed by atoms with Crippen LogP contribution < -0.4 is 10.6 Å². The first-order chi connectivity index (χ1) is 14.0. The molecule has 1 aromatic heterocycles. The molecule has 0 unspecified atom stereocenters. The van der Waals surface area contributed by atoms with Crippen molar-refractivity contribution in [2.45, 2.75) is 6.92 Å². The molecule has 0 saturated heterocycles. The minimum atomic E-state index is -0.560. The molecule has 0 spiro atoms. The van der Waals surface area contributed by atoms with Gasteiger partial charge in [-0.25, -0.2) is 14.8 Å². The number of carbonyl (C=O) groups is 2. The number of aryl methyl sites for hydroxylation is 1. The zero-order valence-corrected chi connectivity index (χ0v) is 15.8. The average Bonchev–Trinajstić information content (AvgIpc) is 2.73. The van der Waals surface area contributed by atoms with Gasteiger partial charge < -0.3 is 15.4 Å². The van der Waals surface area contributed by atoms with Crippen molar-refractivity contribution < 1.29 is 14.3 Å². The van der Waals surface area contributed by atoms with E-state index >= 15 is 0 Å². The van der Waals surface area contributed by atoms with Gasteiger partial charge in [-0.1, -0.05) is 24.3 Å². The normalized spacial score (nSPS) is 9.97. The van der Waals surface area contributed by atoms with Crippen LogP contribution in [0, 0.1) is 18.3 Å². The van der Waals surface area contributed by atoms with Crippen molar-refractivity contribution in [3.05, 3.63) is 77.2 Å². The Kier molecular flexibility index (Phi) is 5.80. The molecular formula is C21H17N5O3. The number of nitrogens with zero attached hydrogens (tertiary/aromatic N) is 3. The molecular weight excluding hydrogens is 370 g/mol. The Morgan fingerprint density at radius 1 is 1.03 bits per heavy atom. The summed E-state index contributed by atoms with van der Waals surface area (Å²) in [5.74, 6) is -0.332. The number of rotatable bonds is 5. The van der Waals surface area contributed by atoms with Crippen molar-refractivity contribution >= 4 is 29.1 Å². The van der Waals surface area contributed by atoms with E-state index in [0.717, 1.165) is 0 Å². The van der Waals surface area contributed by atoms with Crippen molar-refractivity contribution in [2.24, 2.45) is 0 Å². The molecule has 1 amide bonds. The number of methoxy groups -OCH3 is 1. The number of aromatic nitrogens is 2. The summed E-state index contributed by atoms with van der Waals surface area (Å²) in [5, 5.41) is 14.9. The summed E-state index contributed by atoms with van der Waals surface area (Å²) in [6.45, 7) is 1.65. The van der Waals surface area contributed by atoms with E-state index in [-0.39, 0.29) is 11.3 Å². The molecule has 3 rings (SSSR count). The average molecular weight is 387 g/mol. The minimum absolute atomic E-state index is 0.106. The van der Waals surface area contributed by atoms with Crippen LogP contribution in [0.1, 0.15) is 32.2 Å². The van der Waals surface area contributed by atoms with Crippen LogP contribution in [0.2, 0.25) is 0 Å². The fraction of sp³-hybridized carbons (Fsp3) is 0.0952. The van der Waals surface area contributed by atoms with Gasteiger partial charge in [0.15, 0.2) is 0 Å². The summed E-state index contributed by atoms with van der Waals surface area (Å²) in [4.78, 5) is 33.0. The molecule has 8 heteroatoms. The number of esters is 1. The molecule has 1 heterocycles. The Balaban J connectivity index is 1.88. The van der Waals surface area contributed by atoms with E-state index in [9.17, 15) is 14.9 Å². The molecule has 0 radical (unpaired) electrons. The molecule has 3 aromatic rings. The van der Waals surface area contributed by atoms with Crippen molar-refractivity contribution in [3.8, 4) is 6.07 Å². The number of amides is 1. The molecule has 0 aliphatic carbocycles. The molecule has 0 fully saturated rings. The van der Waals surface area contributed by atoms with E-state index in [2.05, 4.69) is 26.7 Å². The molecule has 144 valence electrons. The lowest BCUT2D eigenvalue weighted by molar-refractivity contribution is 0.0602. The predicted octanol–water partition coefficient (Wildman–Crippen LogP) is 3.44. The van der Waals surface area contributed by atoms with E-state index in [0.29, 0.717) is 28.6 Å². The zero-order chi connectivity index (χ0) is 20.8. The Morgan fingerprint density at radius 2 is 1.72 bits per heavy atom. The monoisotopic (exact) mass is 387 g/mol. The lowest BCUT2D eigenvalue weighted by atomic mass is 10.1. The first-order valence-corrected chi connectivity index (χ1v) is 8.62. The topological polar surface area (TPSA) is 117 Å². The van der Waals surface area contributed by atoms with Gasteiger partial charge in [0.25, 0.3) is 5.91 Å². The Labute approximate surface area is 167 Å². The molecule has 0 saturated carbocycles. The van der Waals surface area contributed by atoms with Gasteiger partial charge in [-0.05, 0) is 31.2 Å². The molecule has 2 aromatic carbocycles. The van der Waals surface area contributed by atoms with Crippen molar-refractivity contribution in [3.63, 3.8) is 0 Å². The largest absolute Gasteiger partial charge is 0.465 e. The highest BCUT2D eigenvalue weighted by molar-refractivity contribution is 6.07. The van der Waals surface area contributed by atoms with Crippen molar-refractivity contribution in [1.29, 1.82) is 5.26 Å². The van der Waals surface area contributed by atoms with Gasteiger partial charge in [-0.15, -0.1) is 0 Å². The lowest BCUT2D eigenvalue weighted by Crippen LogP contribution is -2.17. The lowest BCUT2D eigenvalue weighted by Gasteiger charge is -2.11. The Morgan fingerprint density at radius 3 is 2.45 bits per heavy atom. The van der Waals surface area contributed by atoms with Crippen LogP contribution in [0.25, 0.3) is 0 Å². The highest BCUT2D eigenvalue weighted by Crippen LogP contribution is 2.21. The molecule has 0 aliphatic rings. The van der Waals surface area contributed by atoms with Gasteiger partial charge in [0, 0.05) is 6.07 Å². The van der Waals surface area contributed by atoms with Crippen LogP contribution in [0.5, 0.6) is 0 Å². The highest BCUT2D eigenvalue weighted by atomic mass is 16.5. The number of hydrogen-bond acceptors (Lipinski definition) is 7. The second-order valence-electron chi connectivity index (χ2n) is 5.96. The highest BCUT2D eigenvalue weighted by Gasteiger charge is 2.16. The number of ether oxygens (including phenoxy) is 1. The molecule has 0 aliphatic heterocycles. The summed E-state index contributed by atoms with van der Waals surface area (Å²) in [7, 11) is 1.27. The van der Waals surface area contributed by atoms with Crippen LogP contribution in [0.4, 0.5) is 17.2 Å². The number of nitriles is 1. The third-order valence-electron chi connectivity index (χ3n) is 3.96. The van der Waals surface area contributed by atoms with E-state index < -0.39 is 11.9 Å². The van der Waals surface area contributed by atoms with Gasteiger partial charge in [-0.3, -0.25) is 4.79 Å². The molecule has 0 bridgehead atoms. The van der Waals surface area contributed by atoms with Crippen LogP contribution in [0.3, 0.4) is 0 Å². The first kappa shape index (κ1) is 19.5. The number of nitrogens with one attached hydrogen (secondary N) is 2. The van der Waals surface area contributed by atoms with Gasteiger partial charge in [0.2, 0.25) is 0 Å². The number of anilines is 3. The fourth-order valence-electron chi connectivity index (χ4n) is 2.64. The van der Waals surface area contributed by atoms with Crippen molar-refractivity contribution in [2.75, 3.05) is 17.7 Å². The van der Waals surface area contributed by atoms with Crippen LogP contribution in [-0.2, 0) is 4.74 Å². The first-order valence-electron chi connectivity index (χ1n) is 8.62. The van der Waals surface area contributed by atoms with Gasteiger partial charge >= 0.3 is 5.97 Å². The summed E-state index contributed by atoms with van der Waals surface area (Å²) in [5.41, 5.74) is 1.66. The maximum atomic E-state index is 12.7. The molecule has 0 atom stereocenters. The third-order valence-corrected chi connectivity index (χ3v) is 3.96. The van der Waals surface area contributed by atoms with Crippen molar-refractivity contribution in [1.82, 2.24) is 9.97 Å².